The van der Waals surface area contributed by atoms with Gasteiger partial charge >= 0.3 is 0 Å². The van der Waals surface area contributed by atoms with Crippen molar-refractivity contribution in [2.45, 2.75) is 49.1 Å². The third kappa shape index (κ3) is 5.12. The number of fused-ring (bicyclic) bond motifs is 1. The van der Waals surface area contributed by atoms with E-state index in [4.69, 9.17) is 25.5 Å². The molecule has 3 aromatic rings. The molecule has 1 aromatic heterocycles. The van der Waals surface area contributed by atoms with Gasteiger partial charge in [-0.1, -0.05) is 23.7 Å². The molecular weight excluding hydrogens is 534 g/mol. The number of piperidine rings is 1. The lowest BCUT2D eigenvalue weighted by molar-refractivity contribution is -0.314. The van der Waals surface area contributed by atoms with E-state index in [2.05, 4.69) is 0 Å². The zero-order chi connectivity index (χ0) is 28.0. The number of phenolic OH excluding ortho intramolecular Hbond substituents is 2. The van der Waals surface area contributed by atoms with Crippen LogP contribution in [0.2, 0.25) is 5.02 Å². The number of halogens is 1. The first-order chi connectivity index (χ1) is 18.6. The standard InChI is InChI=1S/C27H30ClNO10/c1-29-7-6-13(19(10-29)38-27-25(36)24(35)23(34)20(11-30)39-27)21-15(31)8-16(32)22-17(33)9-18(37-26(21)22)12-4-2-3-5-14(12)28/h2-5,8-9,13,19-20,23-25,27,30-32,34-36H,6-7,10-11H2,1H3/t13?,19?,20-,23-,24+,25-,27-/m1/s1. The van der Waals surface area contributed by atoms with E-state index in [0.717, 1.165) is 6.07 Å². The Morgan fingerprint density at radius 2 is 1.82 bits per heavy atom. The molecule has 11 nitrogen and oxygen atoms in total. The van der Waals surface area contributed by atoms with Crippen LogP contribution in [0, 0.1) is 0 Å². The summed E-state index contributed by atoms with van der Waals surface area (Å²) >= 11 is 6.34. The van der Waals surface area contributed by atoms with E-state index >= 15 is 0 Å². The second-order valence-electron chi connectivity index (χ2n) is 10.0. The van der Waals surface area contributed by atoms with Crippen LogP contribution in [0.5, 0.6) is 11.5 Å². The van der Waals surface area contributed by atoms with Crippen LogP contribution in [-0.2, 0) is 9.47 Å². The lowest BCUT2D eigenvalue weighted by Crippen LogP contribution is -2.60. The van der Waals surface area contributed by atoms with Gasteiger partial charge in [-0.25, -0.2) is 0 Å². The number of phenols is 2. The minimum Gasteiger partial charge on any atom is -0.507 e. The minimum atomic E-state index is -1.63. The first-order valence-corrected chi connectivity index (χ1v) is 12.9. The highest BCUT2D eigenvalue weighted by molar-refractivity contribution is 6.33. The average molecular weight is 564 g/mol. The Balaban J connectivity index is 1.61. The second-order valence-corrected chi connectivity index (χ2v) is 10.4. The molecule has 2 aliphatic rings. The molecule has 2 saturated heterocycles. The Kier molecular flexibility index (Phi) is 7.86. The number of hydrogen-bond donors (Lipinski definition) is 6. The highest BCUT2D eigenvalue weighted by atomic mass is 35.5. The van der Waals surface area contributed by atoms with Crippen LogP contribution < -0.4 is 5.43 Å². The van der Waals surface area contributed by atoms with Gasteiger partial charge in [0.2, 0.25) is 0 Å². The van der Waals surface area contributed by atoms with Crippen molar-refractivity contribution < 1.29 is 44.5 Å². The normalized spacial score (nSPS) is 30.1. The third-order valence-corrected chi connectivity index (χ3v) is 7.76. The van der Waals surface area contributed by atoms with Crippen molar-refractivity contribution in [2.24, 2.45) is 0 Å². The summed E-state index contributed by atoms with van der Waals surface area (Å²) in [5.41, 5.74) is 0.0945. The summed E-state index contributed by atoms with van der Waals surface area (Å²) in [4.78, 5) is 15.1. The van der Waals surface area contributed by atoms with Gasteiger partial charge in [0.05, 0.1) is 17.7 Å². The van der Waals surface area contributed by atoms with E-state index in [1.807, 2.05) is 11.9 Å². The lowest BCUT2D eigenvalue weighted by Gasteiger charge is -2.44. The van der Waals surface area contributed by atoms with Crippen LogP contribution in [0.4, 0.5) is 0 Å². The fourth-order valence-electron chi connectivity index (χ4n) is 5.36. The van der Waals surface area contributed by atoms with E-state index in [1.165, 1.54) is 6.07 Å². The quantitative estimate of drug-likeness (QED) is 0.263. The van der Waals surface area contributed by atoms with Gasteiger partial charge in [0.25, 0.3) is 0 Å². The van der Waals surface area contributed by atoms with Crippen molar-refractivity contribution in [2.75, 3.05) is 26.7 Å². The summed E-state index contributed by atoms with van der Waals surface area (Å²) in [5.74, 6) is -1.24. The smallest absolute Gasteiger partial charge is 0.197 e. The average Bonchev–Trinajstić information content (AvgIpc) is 2.89. The Morgan fingerprint density at radius 3 is 2.54 bits per heavy atom. The van der Waals surface area contributed by atoms with Crippen LogP contribution >= 0.6 is 11.6 Å². The van der Waals surface area contributed by atoms with Gasteiger partial charge in [-0.05, 0) is 32.1 Å². The summed E-state index contributed by atoms with van der Waals surface area (Å²) in [6, 6.07) is 9.08. The van der Waals surface area contributed by atoms with Gasteiger partial charge in [-0.3, -0.25) is 4.79 Å². The molecular formula is C27H30ClNO10. The number of ether oxygens (including phenoxy) is 2. The van der Waals surface area contributed by atoms with Gasteiger partial charge in [-0.2, -0.15) is 0 Å². The number of hydrogen-bond acceptors (Lipinski definition) is 11. The molecule has 0 saturated carbocycles. The highest BCUT2D eigenvalue weighted by Crippen LogP contribution is 2.44. The van der Waals surface area contributed by atoms with Crippen LogP contribution in [-0.4, -0.2) is 99.1 Å². The van der Waals surface area contributed by atoms with Crippen LogP contribution in [0.3, 0.4) is 0 Å². The fourth-order valence-corrected chi connectivity index (χ4v) is 5.59. The van der Waals surface area contributed by atoms with Crippen molar-refractivity contribution in [1.29, 1.82) is 0 Å². The van der Waals surface area contributed by atoms with Crippen molar-refractivity contribution in [1.82, 2.24) is 4.90 Å². The second kappa shape index (κ2) is 11.0. The molecule has 3 heterocycles. The molecule has 2 aromatic carbocycles. The Morgan fingerprint density at radius 1 is 1.08 bits per heavy atom. The summed E-state index contributed by atoms with van der Waals surface area (Å²) in [5, 5.41) is 62.3. The van der Waals surface area contributed by atoms with Crippen LogP contribution in [0.1, 0.15) is 17.9 Å². The summed E-state index contributed by atoms with van der Waals surface area (Å²) in [7, 11) is 1.85. The number of likely N-dealkylation sites (tertiary alicyclic amines) is 1. The maximum Gasteiger partial charge on any atom is 0.197 e. The van der Waals surface area contributed by atoms with Crippen LogP contribution in [0.25, 0.3) is 22.3 Å². The summed E-state index contributed by atoms with van der Waals surface area (Å²) in [6.07, 6.45) is -7.70. The number of aromatic hydroxyl groups is 2. The molecule has 0 amide bonds. The lowest BCUT2D eigenvalue weighted by atomic mass is 9.85. The highest BCUT2D eigenvalue weighted by Gasteiger charge is 2.46. The predicted molar refractivity (Wildman–Crippen MR) is 140 cm³/mol. The first kappa shape index (κ1) is 27.8. The molecule has 7 atom stereocenters. The molecule has 0 bridgehead atoms. The van der Waals surface area contributed by atoms with E-state index in [1.54, 1.807) is 24.3 Å². The summed E-state index contributed by atoms with van der Waals surface area (Å²) in [6.45, 7) is 0.267. The maximum absolute atomic E-state index is 13.2. The number of nitrogens with zero attached hydrogens (tertiary/aromatic N) is 1. The molecule has 2 unspecified atom stereocenters. The molecule has 0 radical (unpaired) electrons. The van der Waals surface area contributed by atoms with Gasteiger partial charge in [0, 0.05) is 35.7 Å². The van der Waals surface area contributed by atoms with Gasteiger partial charge in [0.15, 0.2) is 11.7 Å². The number of likely N-dealkylation sites (N-methyl/N-ethyl adjacent to an activating group) is 1. The molecule has 6 N–H and O–H groups in total. The Hall–Kier alpha value is -2.74. The first-order valence-electron chi connectivity index (χ1n) is 12.5. The van der Waals surface area contributed by atoms with E-state index in [-0.39, 0.29) is 28.0 Å². The number of benzene rings is 2. The minimum absolute atomic E-state index is 0.0353. The molecule has 0 spiro atoms. The molecule has 210 valence electrons. The number of rotatable bonds is 5. The SMILES string of the molecule is CN1CCC(c2c(O)cc(O)c3c(=O)cc(-c4ccccc4Cl)oc23)C(O[C@@H]2O[C@H](CO)[C@@H](O)[C@H](O)[C@H]2O)C1. The Bertz CT molecular complexity index is 1410. The molecule has 39 heavy (non-hydrogen) atoms. The monoisotopic (exact) mass is 563 g/mol. The summed E-state index contributed by atoms with van der Waals surface area (Å²) < 4.78 is 17.8. The molecule has 0 aliphatic carbocycles. The number of aliphatic hydroxyl groups excluding tert-OH is 4. The fraction of sp³-hybridized carbons (Fsp3) is 0.444. The topological polar surface area (TPSA) is 173 Å². The van der Waals surface area contributed by atoms with Gasteiger partial charge in [-0.15, -0.1) is 0 Å². The number of aliphatic hydroxyl groups is 4. The molecule has 5 rings (SSSR count). The van der Waals surface area contributed by atoms with Crippen molar-refractivity contribution >= 4 is 22.6 Å². The van der Waals surface area contributed by atoms with E-state index < -0.39 is 60.5 Å². The van der Waals surface area contributed by atoms with E-state index in [0.29, 0.717) is 30.1 Å². The molecule has 2 aliphatic heterocycles. The zero-order valence-corrected chi connectivity index (χ0v) is 21.7. The van der Waals surface area contributed by atoms with Crippen molar-refractivity contribution in [3.8, 4) is 22.8 Å². The Labute approximate surface area is 228 Å². The van der Waals surface area contributed by atoms with Crippen molar-refractivity contribution in [3.05, 3.63) is 57.2 Å². The van der Waals surface area contributed by atoms with Crippen molar-refractivity contribution in [3.63, 3.8) is 0 Å². The van der Waals surface area contributed by atoms with E-state index in [9.17, 15) is 35.4 Å². The van der Waals surface area contributed by atoms with Gasteiger partial charge in [0.1, 0.15) is 52.6 Å². The zero-order valence-electron chi connectivity index (χ0n) is 21.0. The molecule has 2 fully saturated rings. The maximum atomic E-state index is 13.2. The largest absolute Gasteiger partial charge is 0.507 e. The predicted octanol–water partition coefficient (Wildman–Crippen LogP) is 1.13. The third-order valence-electron chi connectivity index (χ3n) is 7.43. The van der Waals surface area contributed by atoms with Crippen LogP contribution in [0.15, 0.2) is 45.6 Å². The van der Waals surface area contributed by atoms with Gasteiger partial charge < -0.3 is 49.4 Å². The molecule has 12 heteroatoms.